The van der Waals surface area contributed by atoms with Gasteiger partial charge in [0.1, 0.15) is 22.5 Å². The lowest BCUT2D eigenvalue weighted by Gasteiger charge is -2.18. The van der Waals surface area contributed by atoms with E-state index >= 15 is 0 Å². The molecule has 0 radical (unpaired) electrons. The minimum absolute atomic E-state index is 0.598. The molecule has 0 aliphatic carbocycles. The number of para-hydroxylation sites is 3. The molecule has 0 N–H and O–H groups in total. The first kappa shape index (κ1) is 38.0. The number of benzene rings is 8. The number of hydrogen-bond acceptors (Lipinski definition) is 5. The van der Waals surface area contributed by atoms with Crippen LogP contribution in [-0.2, 0) is 0 Å². The number of aromatic nitrogens is 3. The van der Waals surface area contributed by atoms with Crippen LogP contribution in [0.15, 0.2) is 210 Å². The maximum atomic E-state index is 6.68. The van der Waals surface area contributed by atoms with Gasteiger partial charge in [-0.1, -0.05) is 152 Å². The first-order chi connectivity index (χ1) is 32.1. The predicted molar refractivity (Wildman–Crippen MR) is 269 cm³/mol. The van der Waals surface area contributed by atoms with E-state index in [0.717, 1.165) is 122 Å². The van der Waals surface area contributed by atoms with Crippen LogP contribution < -0.4 is 0 Å². The van der Waals surface area contributed by atoms with Gasteiger partial charge in [0.05, 0.1) is 11.4 Å². The molecule has 0 unspecified atom stereocenters. The van der Waals surface area contributed by atoms with Gasteiger partial charge in [0, 0.05) is 61.9 Å². The lowest BCUT2D eigenvalue weighted by atomic mass is 9.87. The van der Waals surface area contributed by atoms with Crippen LogP contribution in [0.2, 0.25) is 0 Å². The molecular formula is C60H39N3O2. The second-order valence-corrected chi connectivity index (χ2v) is 16.3. The second-order valence-electron chi connectivity index (χ2n) is 16.3. The summed E-state index contributed by atoms with van der Waals surface area (Å²) in [6.45, 7) is 6.15. The molecule has 12 rings (SSSR count). The van der Waals surface area contributed by atoms with Crippen molar-refractivity contribution in [3.05, 3.63) is 212 Å². The predicted octanol–water partition coefficient (Wildman–Crippen LogP) is 16.5. The van der Waals surface area contributed by atoms with Gasteiger partial charge in [0.2, 0.25) is 0 Å². The number of furan rings is 2. The zero-order valence-electron chi connectivity index (χ0n) is 35.5. The summed E-state index contributed by atoms with van der Waals surface area (Å²) in [6.07, 6.45) is 9.57. The highest BCUT2D eigenvalue weighted by molar-refractivity contribution is 6.21. The Bertz CT molecular complexity index is 3800. The van der Waals surface area contributed by atoms with Crippen LogP contribution in [0.4, 0.5) is 0 Å². The molecule has 306 valence electrons. The van der Waals surface area contributed by atoms with Crippen molar-refractivity contribution in [2.75, 3.05) is 0 Å². The second kappa shape index (κ2) is 15.6. The Labute approximate surface area is 375 Å². The van der Waals surface area contributed by atoms with Crippen molar-refractivity contribution >= 4 is 66.6 Å². The quantitative estimate of drug-likeness (QED) is 0.143. The molecule has 0 spiro atoms. The molecule has 0 amide bonds. The highest BCUT2D eigenvalue weighted by Gasteiger charge is 2.22. The van der Waals surface area contributed by atoms with E-state index in [2.05, 4.69) is 169 Å². The third-order valence-corrected chi connectivity index (χ3v) is 12.5. The molecule has 5 nitrogen and oxygen atoms in total. The number of fused-ring (bicyclic) bond motifs is 6. The average Bonchev–Trinajstić information content (AvgIpc) is 3.94. The van der Waals surface area contributed by atoms with E-state index in [-0.39, 0.29) is 0 Å². The van der Waals surface area contributed by atoms with Gasteiger partial charge in [-0.2, -0.15) is 0 Å². The summed E-state index contributed by atoms with van der Waals surface area (Å²) in [4.78, 5) is 15.4. The number of pyridine rings is 1. The summed E-state index contributed by atoms with van der Waals surface area (Å²) >= 11 is 0. The molecular weight excluding hydrogens is 795 g/mol. The van der Waals surface area contributed by atoms with Crippen molar-refractivity contribution in [2.24, 2.45) is 0 Å². The van der Waals surface area contributed by atoms with Gasteiger partial charge >= 0.3 is 0 Å². The number of allylic oxidation sites excluding steroid dienone is 1. The maximum absolute atomic E-state index is 6.68. The Morgan fingerprint density at radius 1 is 0.446 bits per heavy atom. The highest BCUT2D eigenvalue weighted by atomic mass is 16.3. The van der Waals surface area contributed by atoms with E-state index in [0.29, 0.717) is 5.82 Å². The third kappa shape index (κ3) is 6.36. The topological polar surface area (TPSA) is 65.0 Å². The van der Waals surface area contributed by atoms with Crippen LogP contribution in [0.1, 0.15) is 18.2 Å². The Balaban J connectivity index is 1.16. The Kier molecular flexibility index (Phi) is 9.13. The molecule has 0 aliphatic rings. The van der Waals surface area contributed by atoms with E-state index < -0.39 is 0 Å². The molecule has 4 aromatic heterocycles. The van der Waals surface area contributed by atoms with E-state index in [1.54, 1.807) is 0 Å². The summed E-state index contributed by atoms with van der Waals surface area (Å²) in [5, 5.41) is 7.62. The fourth-order valence-electron chi connectivity index (χ4n) is 9.61. The van der Waals surface area contributed by atoms with Gasteiger partial charge < -0.3 is 8.83 Å². The van der Waals surface area contributed by atoms with Crippen molar-refractivity contribution in [1.29, 1.82) is 0 Å². The van der Waals surface area contributed by atoms with Crippen molar-refractivity contribution in [3.63, 3.8) is 0 Å². The average molecular weight is 834 g/mol. The summed E-state index contributed by atoms with van der Waals surface area (Å²) in [5.41, 5.74) is 14.1. The number of hydrogen-bond donors (Lipinski definition) is 0. The normalized spacial score (nSPS) is 11.8. The smallest absolute Gasteiger partial charge is 0.160 e. The van der Waals surface area contributed by atoms with Crippen molar-refractivity contribution in [2.45, 2.75) is 6.92 Å². The number of rotatable bonds is 8. The Hall–Kier alpha value is -8.67. The van der Waals surface area contributed by atoms with Crippen molar-refractivity contribution in [1.82, 2.24) is 15.0 Å². The zero-order valence-corrected chi connectivity index (χ0v) is 35.5. The molecule has 0 saturated carbocycles. The van der Waals surface area contributed by atoms with Gasteiger partial charge in [0.25, 0.3) is 0 Å². The van der Waals surface area contributed by atoms with Gasteiger partial charge in [-0.15, -0.1) is 0 Å². The molecule has 65 heavy (non-hydrogen) atoms. The maximum Gasteiger partial charge on any atom is 0.160 e. The fraction of sp³-hybridized carbons (Fsp3) is 0.0167. The summed E-state index contributed by atoms with van der Waals surface area (Å²) < 4.78 is 13.3. The van der Waals surface area contributed by atoms with Crippen molar-refractivity contribution in [3.8, 4) is 67.3 Å². The summed E-state index contributed by atoms with van der Waals surface area (Å²) in [6, 6.07) is 61.5. The SMILES string of the molecule is C=Cc1c(/C=C\C)oc2c(-c3cc(-c4nc(-c5ccccc5)cc(-c5c6ccccc6c(-c6ccncc6)c6ccccc56)n4)cc(-c4cccc5c4oc4ccccc45)c3)cccc12. The first-order valence-corrected chi connectivity index (χ1v) is 21.8. The van der Waals surface area contributed by atoms with Gasteiger partial charge in [-0.25, -0.2) is 9.97 Å². The fourth-order valence-corrected chi connectivity index (χ4v) is 9.61. The summed E-state index contributed by atoms with van der Waals surface area (Å²) in [7, 11) is 0. The number of nitrogens with zero attached hydrogens (tertiary/aromatic N) is 3. The minimum Gasteiger partial charge on any atom is -0.455 e. The van der Waals surface area contributed by atoms with Crippen LogP contribution >= 0.6 is 0 Å². The van der Waals surface area contributed by atoms with Crippen LogP contribution in [0.5, 0.6) is 0 Å². The van der Waals surface area contributed by atoms with E-state index in [1.165, 1.54) is 5.56 Å². The molecule has 0 bridgehead atoms. The van der Waals surface area contributed by atoms with E-state index in [4.69, 9.17) is 18.8 Å². The lowest BCUT2D eigenvalue weighted by molar-refractivity contribution is 0.604. The minimum atomic E-state index is 0.598. The molecule has 0 saturated heterocycles. The van der Waals surface area contributed by atoms with Gasteiger partial charge in [-0.3, -0.25) is 4.98 Å². The van der Waals surface area contributed by atoms with Crippen LogP contribution in [0, 0.1) is 0 Å². The molecule has 5 heteroatoms. The van der Waals surface area contributed by atoms with E-state index in [1.807, 2.05) is 55.7 Å². The lowest BCUT2D eigenvalue weighted by Crippen LogP contribution is -1.98. The standard InChI is InChI=1S/C60H39N3O2/c1-3-16-54-42(4-2)50-26-14-24-43(58(50)64-54)39-33-40(44-25-15-27-51-45-19-12-13-28-55(45)65-59(44)51)35-41(34-39)60-62-52(37-17-6-5-7-18-37)36-53(63-60)57-48-22-10-8-20-46(48)56(38-29-31-61-32-30-38)47-21-9-11-23-49(47)57/h3-36H,2H2,1H3/b16-3-. The molecule has 8 aromatic carbocycles. The highest BCUT2D eigenvalue weighted by Crippen LogP contribution is 2.45. The third-order valence-electron chi connectivity index (χ3n) is 12.5. The van der Waals surface area contributed by atoms with E-state index in [9.17, 15) is 0 Å². The molecule has 4 heterocycles. The Morgan fingerprint density at radius 2 is 1.00 bits per heavy atom. The Morgan fingerprint density at radius 3 is 1.66 bits per heavy atom. The molecule has 0 fully saturated rings. The van der Waals surface area contributed by atoms with Crippen LogP contribution in [0.3, 0.4) is 0 Å². The largest absolute Gasteiger partial charge is 0.455 e. The van der Waals surface area contributed by atoms with Crippen LogP contribution in [0.25, 0.3) is 134 Å². The molecule has 0 atom stereocenters. The van der Waals surface area contributed by atoms with Crippen molar-refractivity contribution < 1.29 is 8.83 Å². The van der Waals surface area contributed by atoms with Gasteiger partial charge in [0.15, 0.2) is 5.82 Å². The van der Waals surface area contributed by atoms with Gasteiger partial charge in [-0.05, 0) is 99.3 Å². The van der Waals surface area contributed by atoms with Crippen LogP contribution in [-0.4, -0.2) is 15.0 Å². The first-order valence-electron chi connectivity index (χ1n) is 21.8. The monoisotopic (exact) mass is 833 g/mol. The molecule has 12 aromatic rings. The molecule has 0 aliphatic heterocycles. The zero-order chi connectivity index (χ0) is 43.4. The summed E-state index contributed by atoms with van der Waals surface area (Å²) in [5.74, 6) is 1.37.